The van der Waals surface area contributed by atoms with E-state index >= 15 is 0 Å². The fourth-order valence-electron chi connectivity index (χ4n) is 3.40. The van der Waals surface area contributed by atoms with Gasteiger partial charge in [-0.05, 0) is 23.1 Å². The Labute approximate surface area is 151 Å². The number of imide groups is 1. The summed E-state index contributed by atoms with van der Waals surface area (Å²) in [4.78, 5) is 28.5. The monoisotopic (exact) mass is 352 g/mol. The summed E-state index contributed by atoms with van der Waals surface area (Å²) in [6.45, 7) is 1.52. The van der Waals surface area contributed by atoms with Gasteiger partial charge in [0.15, 0.2) is 0 Å². The van der Waals surface area contributed by atoms with Crippen molar-refractivity contribution in [1.82, 2.24) is 9.80 Å². The van der Waals surface area contributed by atoms with E-state index in [0.29, 0.717) is 18.8 Å². The van der Waals surface area contributed by atoms with Gasteiger partial charge in [0.1, 0.15) is 10.7 Å². The van der Waals surface area contributed by atoms with E-state index in [1.165, 1.54) is 16.0 Å². The average Bonchev–Trinajstić information content (AvgIpc) is 2.86. The molecule has 0 bridgehead atoms. The molecule has 0 aliphatic carbocycles. The highest BCUT2D eigenvalue weighted by Gasteiger charge is 2.40. The minimum Gasteiger partial charge on any atom is -0.361 e. The summed E-state index contributed by atoms with van der Waals surface area (Å²) in [5.74, 6) is -0.720. The second kappa shape index (κ2) is 6.37. The standard InChI is InChI=1S/C20H17ClN2O2/c21-17-18(22-11-10-15-8-4-5-9-16(15)13-22)20(25)23(19(17)24)12-14-6-2-1-3-7-14/h1-9H,10-13H2. The van der Waals surface area contributed by atoms with Crippen LogP contribution in [0.5, 0.6) is 0 Å². The number of hydrogen-bond donors (Lipinski definition) is 0. The summed E-state index contributed by atoms with van der Waals surface area (Å²) < 4.78 is 0. The molecule has 5 heteroatoms. The van der Waals surface area contributed by atoms with E-state index in [1.54, 1.807) is 0 Å². The van der Waals surface area contributed by atoms with Crippen molar-refractivity contribution in [3.8, 4) is 0 Å². The Hall–Kier alpha value is -2.59. The predicted octanol–water partition coefficient (Wildman–Crippen LogP) is 3.06. The second-order valence-electron chi connectivity index (χ2n) is 6.28. The van der Waals surface area contributed by atoms with Crippen molar-refractivity contribution >= 4 is 23.4 Å². The molecule has 4 nitrogen and oxygen atoms in total. The van der Waals surface area contributed by atoms with Gasteiger partial charge in [0.05, 0.1) is 6.54 Å². The number of carbonyl (C=O) groups is 2. The fourth-order valence-corrected chi connectivity index (χ4v) is 3.71. The van der Waals surface area contributed by atoms with Gasteiger partial charge in [-0.25, -0.2) is 0 Å². The average molecular weight is 353 g/mol. The van der Waals surface area contributed by atoms with Crippen LogP contribution < -0.4 is 0 Å². The van der Waals surface area contributed by atoms with Crippen LogP contribution in [0.25, 0.3) is 0 Å². The van der Waals surface area contributed by atoms with Gasteiger partial charge in [0.25, 0.3) is 11.8 Å². The molecule has 0 radical (unpaired) electrons. The maximum Gasteiger partial charge on any atom is 0.279 e. The second-order valence-corrected chi connectivity index (χ2v) is 6.66. The number of nitrogens with zero attached hydrogens (tertiary/aromatic N) is 2. The Morgan fingerprint density at radius 1 is 0.880 bits per heavy atom. The fraction of sp³-hybridized carbons (Fsp3) is 0.200. The van der Waals surface area contributed by atoms with Gasteiger partial charge in [-0.3, -0.25) is 14.5 Å². The highest BCUT2D eigenvalue weighted by Crippen LogP contribution is 2.31. The van der Waals surface area contributed by atoms with Crippen LogP contribution in [0.2, 0.25) is 0 Å². The summed E-state index contributed by atoms with van der Waals surface area (Å²) in [6, 6.07) is 17.6. The SMILES string of the molecule is O=C1C(Cl)=C(N2CCc3ccccc3C2)C(=O)N1Cc1ccccc1. The van der Waals surface area contributed by atoms with Gasteiger partial charge in [-0.2, -0.15) is 0 Å². The van der Waals surface area contributed by atoms with Gasteiger partial charge < -0.3 is 4.90 Å². The van der Waals surface area contributed by atoms with E-state index in [9.17, 15) is 9.59 Å². The Morgan fingerprint density at radius 2 is 1.56 bits per heavy atom. The zero-order valence-corrected chi connectivity index (χ0v) is 14.4. The number of halogens is 1. The minimum absolute atomic E-state index is 0.0281. The van der Waals surface area contributed by atoms with Gasteiger partial charge in [0, 0.05) is 13.1 Å². The van der Waals surface area contributed by atoms with Crippen LogP contribution in [0.1, 0.15) is 16.7 Å². The van der Waals surface area contributed by atoms with Crippen molar-refractivity contribution in [2.75, 3.05) is 6.54 Å². The summed E-state index contributed by atoms with van der Waals surface area (Å²) in [5.41, 5.74) is 3.69. The summed E-state index contributed by atoms with van der Waals surface area (Å²) in [7, 11) is 0. The van der Waals surface area contributed by atoms with Crippen molar-refractivity contribution in [3.63, 3.8) is 0 Å². The van der Waals surface area contributed by atoms with E-state index in [4.69, 9.17) is 11.6 Å². The van der Waals surface area contributed by atoms with Gasteiger partial charge in [0.2, 0.25) is 0 Å². The number of hydrogen-bond acceptors (Lipinski definition) is 3. The van der Waals surface area contributed by atoms with E-state index in [-0.39, 0.29) is 17.5 Å². The Morgan fingerprint density at radius 3 is 2.32 bits per heavy atom. The minimum atomic E-state index is -0.413. The first-order chi connectivity index (χ1) is 12.1. The molecule has 2 aliphatic heterocycles. The third-order valence-corrected chi connectivity index (χ3v) is 5.06. The first-order valence-electron chi connectivity index (χ1n) is 8.27. The van der Waals surface area contributed by atoms with Crippen LogP contribution in [-0.2, 0) is 29.1 Å². The van der Waals surface area contributed by atoms with Crippen LogP contribution in [0.3, 0.4) is 0 Å². The predicted molar refractivity (Wildman–Crippen MR) is 95.4 cm³/mol. The van der Waals surface area contributed by atoms with Crippen LogP contribution in [0, 0.1) is 0 Å². The third-order valence-electron chi connectivity index (χ3n) is 4.72. The van der Waals surface area contributed by atoms with Crippen molar-refractivity contribution in [1.29, 1.82) is 0 Å². The largest absolute Gasteiger partial charge is 0.361 e. The lowest BCUT2D eigenvalue weighted by Gasteiger charge is -2.31. The molecular formula is C20H17ClN2O2. The molecule has 2 heterocycles. The third kappa shape index (κ3) is 2.83. The molecule has 0 spiro atoms. The highest BCUT2D eigenvalue weighted by molar-refractivity contribution is 6.47. The number of amides is 2. The molecule has 0 saturated carbocycles. The number of benzene rings is 2. The lowest BCUT2D eigenvalue weighted by molar-refractivity contribution is -0.138. The van der Waals surface area contributed by atoms with E-state index in [1.807, 2.05) is 47.4 Å². The van der Waals surface area contributed by atoms with E-state index < -0.39 is 5.91 Å². The normalized spacial score (nSPS) is 17.3. The lowest BCUT2D eigenvalue weighted by atomic mass is 9.99. The van der Waals surface area contributed by atoms with Crippen LogP contribution >= 0.6 is 11.6 Å². The quantitative estimate of drug-likeness (QED) is 0.797. The molecule has 0 unspecified atom stereocenters. The molecule has 2 aliphatic rings. The van der Waals surface area contributed by atoms with E-state index in [2.05, 4.69) is 12.1 Å². The van der Waals surface area contributed by atoms with E-state index in [0.717, 1.165) is 12.0 Å². The van der Waals surface area contributed by atoms with Crippen LogP contribution in [-0.4, -0.2) is 28.2 Å². The van der Waals surface area contributed by atoms with Gasteiger partial charge in [-0.15, -0.1) is 0 Å². The molecule has 4 rings (SSSR count). The molecule has 0 aromatic heterocycles. The van der Waals surface area contributed by atoms with Crippen molar-refractivity contribution in [2.45, 2.75) is 19.5 Å². The van der Waals surface area contributed by atoms with Gasteiger partial charge >= 0.3 is 0 Å². The van der Waals surface area contributed by atoms with Crippen molar-refractivity contribution < 1.29 is 9.59 Å². The zero-order valence-electron chi connectivity index (χ0n) is 13.6. The Kier molecular flexibility index (Phi) is 4.06. The molecule has 0 N–H and O–H groups in total. The van der Waals surface area contributed by atoms with Crippen LogP contribution in [0.4, 0.5) is 0 Å². The summed E-state index contributed by atoms with van der Waals surface area (Å²) >= 11 is 6.27. The smallest absolute Gasteiger partial charge is 0.279 e. The molecule has 2 aromatic carbocycles. The first kappa shape index (κ1) is 15.9. The van der Waals surface area contributed by atoms with Crippen LogP contribution in [0.15, 0.2) is 65.3 Å². The number of carbonyl (C=O) groups excluding carboxylic acids is 2. The molecular weight excluding hydrogens is 336 g/mol. The number of rotatable bonds is 3. The van der Waals surface area contributed by atoms with Crippen molar-refractivity contribution in [3.05, 3.63) is 82.0 Å². The summed E-state index contributed by atoms with van der Waals surface area (Å²) in [6.07, 6.45) is 0.837. The molecule has 0 saturated heterocycles. The Balaban J connectivity index is 1.58. The molecule has 0 fully saturated rings. The molecule has 2 amide bonds. The maximum absolute atomic E-state index is 12.9. The Bertz CT molecular complexity index is 876. The highest BCUT2D eigenvalue weighted by atomic mass is 35.5. The number of fused-ring (bicyclic) bond motifs is 1. The molecule has 25 heavy (non-hydrogen) atoms. The summed E-state index contributed by atoms with van der Waals surface area (Å²) in [5, 5.41) is 0.0281. The maximum atomic E-state index is 12.9. The topological polar surface area (TPSA) is 40.6 Å². The molecule has 126 valence electrons. The molecule has 2 aromatic rings. The van der Waals surface area contributed by atoms with Gasteiger partial charge in [-0.1, -0.05) is 66.2 Å². The zero-order chi connectivity index (χ0) is 17.4. The van der Waals surface area contributed by atoms with Crippen molar-refractivity contribution in [2.24, 2.45) is 0 Å². The first-order valence-corrected chi connectivity index (χ1v) is 8.64. The molecule has 0 atom stereocenters. The lowest BCUT2D eigenvalue weighted by Crippen LogP contribution is -2.37.